The summed E-state index contributed by atoms with van der Waals surface area (Å²) in [6.45, 7) is 4.17. The molecule has 0 radical (unpaired) electrons. The fraction of sp³-hybridized carbons (Fsp3) is 0.786. The predicted octanol–water partition coefficient (Wildman–Crippen LogP) is -1.03. The summed E-state index contributed by atoms with van der Waals surface area (Å²) in [6.07, 6.45) is 2.48. The Morgan fingerprint density at radius 1 is 1.38 bits per heavy atom. The molecule has 4 N–H and O–H groups in total. The highest BCUT2D eigenvalue weighted by atomic mass is 16.2. The Bertz CT molecular complexity index is 434. The minimum atomic E-state index is -0.615. The Kier molecular flexibility index (Phi) is 4.82. The van der Waals surface area contributed by atoms with E-state index in [1.165, 1.54) is 0 Å². The molecule has 1 saturated heterocycles. The molecule has 1 aliphatic carbocycles. The molecule has 1 heterocycles. The molecule has 0 spiro atoms. The summed E-state index contributed by atoms with van der Waals surface area (Å²) in [4.78, 5) is 37.1. The maximum atomic E-state index is 11.8. The molecule has 0 aromatic rings. The lowest BCUT2D eigenvalue weighted by atomic mass is 10.1. The summed E-state index contributed by atoms with van der Waals surface area (Å²) in [6, 6.07) is -0.388. The minimum absolute atomic E-state index is 0.0209. The fourth-order valence-electron chi connectivity index (χ4n) is 2.43. The third kappa shape index (κ3) is 4.17. The van der Waals surface area contributed by atoms with Crippen LogP contribution in [-0.4, -0.2) is 53.8 Å². The van der Waals surface area contributed by atoms with Gasteiger partial charge >= 0.3 is 0 Å². The number of rotatable bonds is 6. The number of nitrogens with zero attached hydrogens (tertiary/aromatic N) is 1. The van der Waals surface area contributed by atoms with Gasteiger partial charge in [-0.3, -0.25) is 14.4 Å². The number of nitrogens with one attached hydrogen (secondary N) is 2. The van der Waals surface area contributed by atoms with E-state index in [-0.39, 0.29) is 36.2 Å². The van der Waals surface area contributed by atoms with Crippen LogP contribution in [0.25, 0.3) is 0 Å². The fourth-order valence-corrected chi connectivity index (χ4v) is 2.43. The van der Waals surface area contributed by atoms with Gasteiger partial charge in [0.05, 0.1) is 18.6 Å². The molecule has 2 atom stereocenters. The van der Waals surface area contributed by atoms with Crippen molar-refractivity contribution in [2.24, 2.45) is 11.7 Å². The van der Waals surface area contributed by atoms with Gasteiger partial charge in [-0.05, 0) is 18.8 Å². The van der Waals surface area contributed by atoms with Crippen LogP contribution >= 0.6 is 0 Å². The first-order valence-corrected chi connectivity index (χ1v) is 7.50. The Hall–Kier alpha value is -1.63. The summed E-state index contributed by atoms with van der Waals surface area (Å²) in [5.41, 5.74) is 5.69. The van der Waals surface area contributed by atoms with Crippen LogP contribution in [-0.2, 0) is 14.4 Å². The number of nitrogens with two attached hydrogens (primary N) is 1. The van der Waals surface area contributed by atoms with E-state index < -0.39 is 6.04 Å². The second kappa shape index (κ2) is 6.43. The third-order valence-corrected chi connectivity index (χ3v) is 3.96. The van der Waals surface area contributed by atoms with Crippen molar-refractivity contribution in [1.82, 2.24) is 15.5 Å². The first-order chi connectivity index (χ1) is 9.88. The molecule has 2 fully saturated rings. The number of amides is 3. The lowest BCUT2D eigenvalue weighted by Crippen LogP contribution is -2.48. The SMILES string of the molecule is CC(C)[C@H](N)C(=O)NCC(=O)NC1CC(=O)N(C2CC2)C1. The second-order valence-electron chi connectivity index (χ2n) is 6.23. The van der Waals surface area contributed by atoms with Crippen LogP contribution in [0, 0.1) is 5.92 Å². The summed E-state index contributed by atoms with van der Waals surface area (Å²) < 4.78 is 0. The van der Waals surface area contributed by atoms with E-state index in [1.807, 2.05) is 18.7 Å². The molecule has 2 aliphatic rings. The van der Waals surface area contributed by atoms with Crippen molar-refractivity contribution in [1.29, 1.82) is 0 Å². The van der Waals surface area contributed by atoms with Gasteiger partial charge in [-0.25, -0.2) is 0 Å². The first-order valence-electron chi connectivity index (χ1n) is 7.50. The predicted molar refractivity (Wildman–Crippen MR) is 77.1 cm³/mol. The molecule has 0 aromatic carbocycles. The van der Waals surface area contributed by atoms with Crippen molar-refractivity contribution in [3.63, 3.8) is 0 Å². The number of hydrogen-bond acceptors (Lipinski definition) is 4. The average molecular weight is 296 g/mol. The largest absolute Gasteiger partial charge is 0.350 e. The van der Waals surface area contributed by atoms with Gasteiger partial charge in [0.15, 0.2) is 0 Å². The first kappa shape index (κ1) is 15.8. The van der Waals surface area contributed by atoms with E-state index in [1.54, 1.807) is 0 Å². The molecule has 0 bridgehead atoms. The minimum Gasteiger partial charge on any atom is -0.350 e. The van der Waals surface area contributed by atoms with E-state index >= 15 is 0 Å². The number of carbonyl (C=O) groups excluding carboxylic acids is 3. The van der Waals surface area contributed by atoms with Crippen molar-refractivity contribution in [2.45, 2.75) is 51.2 Å². The van der Waals surface area contributed by atoms with Crippen molar-refractivity contribution in [3.8, 4) is 0 Å². The lowest BCUT2D eigenvalue weighted by Gasteiger charge is -2.17. The molecular formula is C14H24N4O3. The summed E-state index contributed by atoms with van der Waals surface area (Å²) in [5, 5.41) is 5.31. The highest BCUT2D eigenvalue weighted by Gasteiger charge is 2.39. The molecule has 1 unspecified atom stereocenters. The van der Waals surface area contributed by atoms with Gasteiger partial charge < -0.3 is 21.3 Å². The van der Waals surface area contributed by atoms with Crippen molar-refractivity contribution in [3.05, 3.63) is 0 Å². The summed E-state index contributed by atoms with van der Waals surface area (Å²) in [7, 11) is 0. The monoisotopic (exact) mass is 296 g/mol. The molecule has 3 amide bonds. The summed E-state index contributed by atoms with van der Waals surface area (Å²) in [5.74, 6) is -0.488. The van der Waals surface area contributed by atoms with E-state index in [0.29, 0.717) is 19.0 Å². The molecule has 7 nitrogen and oxygen atoms in total. The Labute approximate surface area is 124 Å². The maximum Gasteiger partial charge on any atom is 0.239 e. The molecule has 118 valence electrons. The van der Waals surface area contributed by atoms with Crippen molar-refractivity contribution in [2.75, 3.05) is 13.1 Å². The standard InChI is InChI=1S/C14H24N4O3/c1-8(2)13(15)14(21)16-6-11(19)17-9-5-12(20)18(7-9)10-3-4-10/h8-10,13H,3-7,15H2,1-2H3,(H,16,21)(H,17,19)/t9?,13-/m0/s1. The van der Waals surface area contributed by atoms with Crippen molar-refractivity contribution < 1.29 is 14.4 Å². The van der Waals surface area contributed by atoms with E-state index in [9.17, 15) is 14.4 Å². The number of carbonyl (C=O) groups is 3. The molecule has 2 rings (SSSR count). The smallest absolute Gasteiger partial charge is 0.239 e. The Morgan fingerprint density at radius 2 is 2.05 bits per heavy atom. The van der Waals surface area contributed by atoms with E-state index in [2.05, 4.69) is 10.6 Å². The zero-order chi connectivity index (χ0) is 15.6. The normalized spacial score (nSPS) is 23.3. The van der Waals surface area contributed by atoms with Gasteiger partial charge in [0.25, 0.3) is 0 Å². The zero-order valence-electron chi connectivity index (χ0n) is 12.6. The van der Waals surface area contributed by atoms with Gasteiger partial charge in [-0.2, -0.15) is 0 Å². The molecule has 1 saturated carbocycles. The van der Waals surface area contributed by atoms with Gasteiger partial charge in [-0.1, -0.05) is 13.8 Å². The van der Waals surface area contributed by atoms with Gasteiger partial charge in [-0.15, -0.1) is 0 Å². The van der Waals surface area contributed by atoms with Gasteiger partial charge in [0.2, 0.25) is 17.7 Å². The van der Waals surface area contributed by atoms with Crippen molar-refractivity contribution >= 4 is 17.7 Å². The quantitative estimate of drug-likeness (QED) is 0.582. The molecule has 0 aromatic heterocycles. The van der Waals surface area contributed by atoms with Crippen LogP contribution in [0.15, 0.2) is 0 Å². The molecule has 7 heteroatoms. The van der Waals surface area contributed by atoms with Crippen LogP contribution in [0.4, 0.5) is 0 Å². The van der Waals surface area contributed by atoms with Crippen LogP contribution in [0.2, 0.25) is 0 Å². The topological polar surface area (TPSA) is 105 Å². The highest BCUT2D eigenvalue weighted by molar-refractivity contribution is 5.88. The molecule has 1 aliphatic heterocycles. The third-order valence-electron chi connectivity index (χ3n) is 3.96. The summed E-state index contributed by atoms with van der Waals surface area (Å²) >= 11 is 0. The van der Waals surface area contributed by atoms with Crippen LogP contribution in [0.1, 0.15) is 33.1 Å². The average Bonchev–Trinajstić information content (AvgIpc) is 3.19. The van der Waals surface area contributed by atoms with Gasteiger partial charge in [0, 0.05) is 19.0 Å². The van der Waals surface area contributed by atoms with E-state index in [0.717, 1.165) is 12.8 Å². The van der Waals surface area contributed by atoms with Gasteiger partial charge in [0.1, 0.15) is 0 Å². The zero-order valence-corrected chi connectivity index (χ0v) is 12.6. The molecular weight excluding hydrogens is 272 g/mol. The Balaban J connectivity index is 1.70. The van der Waals surface area contributed by atoms with Crippen LogP contribution in [0.5, 0.6) is 0 Å². The number of likely N-dealkylation sites (tertiary alicyclic amines) is 1. The van der Waals surface area contributed by atoms with Crippen LogP contribution < -0.4 is 16.4 Å². The van der Waals surface area contributed by atoms with E-state index in [4.69, 9.17) is 5.73 Å². The van der Waals surface area contributed by atoms with Crippen LogP contribution in [0.3, 0.4) is 0 Å². The highest BCUT2D eigenvalue weighted by Crippen LogP contribution is 2.30. The Morgan fingerprint density at radius 3 is 2.62 bits per heavy atom. The molecule has 21 heavy (non-hydrogen) atoms. The number of hydrogen-bond donors (Lipinski definition) is 3. The lowest BCUT2D eigenvalue weighted by molar-refractivity contribution is -0.128. The second-order valence-corrected chi connectivity index (χ2v) is 6.23. The maximum absolute atomic E-state index is 11.8.